The second kappa shape index (κ2) is 7.68. The molecule has 0 spiro atoms. The average molecular weight is 383 g/mol. The van der Waals surface area contributed by atoms with Crippen molar-refractivity contribution in [3.63, 3.8) is 0 Å². The molecule has 1 aliphatic carbocycles. The van der Waals surface area contributed by atoms with Gasteiger partial charge in [-0.25, -0.2) is 0 Å². The number of carbonyl (C=O) groups excluding carboxylic acids is 1. The van der Waals surface area contributed by atoms with E-state index >= 15 is 0 Å². The summed E-state index contributed by atoms with van der Waals surface area (Å²) in [6.45, 7) is 0. The molecule has 1 heterocycles. The lowest BCUT2D eigenvalue weighted by Crippen LogP contribution is -2.30. The van der Waals surface area contributed by atoms with Crippen molar-refractivity contribution in [2.75, 3.05) is 10.7 Å². The maximum absolute atomic E-state index is 12.4. The molecule has 5 heteroatoms. The van der Waals surface area contributed by atoms with Crippen LogP contribution in [0, 0.1) is 0 Å². The number of hydrogen-bond acceptors (Lipinski definition) is 3. The quantitative estimate of drug-likeness (QED) is 0.710. The van der Waals surface area contributed by atoms with Gasteiger partial charge in [0.05, 0.1) is 17.5 Å². The van der Waals surface area contributed by atoms with Gasteiger partial charge in [0.2, 0.25) is 5.91 Å². The number of aliphatic imine (C=N–C) groups is 1. The monoisotopic (exact) mass is 382 g/mol. The summed E-state index contributed by atoms with van der Waals surface area (Å²) in [6, 6.07) is 17.9. The molecule has 1 fully saturated rings. The Labute approximate surface area is 162 Å². The molecule has 2 aliphatic rings. The summed E-state index contributed by atoms with van der Waals surface area (Å²) in [4.78, 5) is 19.2. The normalized spacial score (nSPS) is 22.0. The van der Waals surface area contributed by atoms with Gasteiger partial charge in [-0.15, -0.1) is 0 Å². The Morgan fingerprint density at radius 1 is 1.08 bits per heavy atom. The van der Waals surface area contributed by atoms with Gasteiger partial charge < -0.3 is 0 Å². The minimum atomic E-state index is 0.0668. The second-order valence-electron chi connectivity index (χ2n) is 6.38. The SMILES string of the molecule is O=C1CSC(=NC2CCCC=C2c2ccccc2)N1c1ccc(Cl)cc1. The first kappa shape index (κ1) is 17.4. The van der Waals surface area contributed by atoms with E-state index in [0.717, 1.165) is 30.1 Å². The van der Waals surface area contributed by atoms with Gasteiger partial charge in [0.1, 0.15) is 0 Å². The molecule has 0 aromatic heterocycles. The van der Waals surface area contributed by atoms with Gasteiger partial charge in [0.15, 0.2) is 5.17 Å². The molecule has 1 atom stereocenters. The van der Waals surface area contributed by atoms with Crippen LogP contribution in [0.5, 0.6) is 0 Å². The van der Waals surface area contributed by atoms with Crippen molar-refractivity contribution in [1.82, 2.24) is 0 Å². The van der Waals surface area contributed by atoms with Crippen molar-refractivity contribution in [2.45, 2.75) is 25.3 Å². The van der Waals surface area contributed by atoms with Crippen LogP contribution in [-0.2, 0) is 4.79 Å². The molecule has 0 saturated carbocycles. The highest BCUT2D eigenvalue weighted by Gasteiger charge is 2.31. The van der Waals surface area contributed by atoms with Gasteiger partial charge in [0, 0.05) is 5.02 Å². The van der Waals surface area contributed by atoms with Crippen LogP contribution in [0.15, 0.2) is 65.7 Å². The summed E-state index contributed by atoms with van der Waals surface area (Å²) in [7, 11) is 0. The molecule has 4 rings (SSSR count). The number of amides is 1. The van der Waals surface area contributed by atoms with Crippen LogP contribution in [0.2, 0.25) is 5.02 Å². The third-order valence-electron chi connectivity index (χ3n) is 4.63. The van der Waals surface area contributed by atoms with Crippen LogP contribution < -0.4 is 4.90 Å². The highest BCUT2D eigenvalue weighted by atomic mass is 35.5. The molecule has 1 saturated heterocycles. The largest absolute Gasteiger partial charge is 0.273 e. The highest BCUT2D eigenvalue weighted by Crippen LogP contribution is 2.33. The molecule has 0 N–H and O–H groups in total. The van der Waals surface area contributed by atoms with Crippen LogP contribution in [-0.4, -0.2) is 22.9 Å². The maximum Gasteiger partial charge on any atom is 0.243 e. The molecule has 1 unspecified atom stereocenters. The lowest BCUT2D eigenvalue weighted by atomic mass is 9.89. The number of benzene rings is 2. The minimum absolute atomic E-state index is 0.0668. The van der Waals surface area contributed by atoms with Gasteiger partial charge in [-0.2, -0.15) is 0 Å². The maximum atomic E-state index is 12.4. The van der Waals surface area contributed by atoms with E-state index in [1.165, 1.54) is 22.9 Å². The zero-order valence-electron chi connectivity index (χ0n) is 14.3. The molecule has 1 amide bonds. The lowest BCUT2D eigenvalue weighted by molar-refractivity contribution is -0.115. The number of allylic oxidation sites excluding steroid dienone is 1. The molecular weight excluding hydrogens is 364 g/mol. The minimum Gasteiger partial charge on any atom is -0.273 e. The molecule has 26 heavy (non-hydrogen) atoms. The summed E-state index contributed by atoms with van der Waals surface area (Å²) >= 11 is 7.50. The van der Waals surface area contributed by atoms with E-state index in [1.54, 1.807) is 17.0 Å². The van der Waals surface area contributed by atoms with Crippen LogP contribution in [0.25, 0.3) is 5.57 Å². The number of halogens is 1. The average Bonchev–Trinajstić information content (AvgIpc) is 3.04. The summed E-state index contributed by atoms with van der Waals surface area (Å²) in [5.74, 6) is 0.496. The van der Waals surface area contributed by atoms with E-state index in [-0.39, 0.29) is 11.9 Å². The summed E-state index contributed by atoms with van der Waals surface area (Å²) in [6.07, 6.45) is 5.50. The first-order chi connectivity index (χ1) is 12.7. The molecule has 2 aromatic rings. The lowest BCUT2D eigenvalue weighted by Gasteiger charge is -2.24. The van der Waals surface area contributed by atoms with Crippen LogP contribution in [0.3, 0.4) is 0 Å². The molecule has 0 radical (unpaired) electrons. The Bertz CT molecular complexity index is 861. The Balaban J connectivity index is 1.67. The van der Waals surface area contributed by atoms with Gasteiger partial charge in [-0.05, 0) is 54.7 Å². The zero-order chi connectivity index (χ0) is 17.9. The third-order valence-corrected chi connectivity index (χ3v) is 5.82. The zero-order valence-corrected chi connectivity index (χ0v) is 15.8. The number of anilines is 1. The van der Waals surface area contributed by atoms with Crippen molar-refractivity contribution < 1.29 is 4.79 Å². The number of amidine groups is 1. The fourth-order valence-electron chi connectivity index (χ4n) is 3.37. The number of hydrogen-bond donors (Lipinski definition) is 0. The Morgan fingerprint density at radius 3 is 2.62 bits per heavy atom. The van der Waals surface area contributed by atoms with E-state index < -0.39 is 0 Å². The van der Waals surface area contributed by atoms with E-state index in [2.05, 4.69) is 30.3 Å². The molecular formula is C21H19ClN2OS. The van der Waals surface area contributed by atoms with Crippen LogP contribution >= 0.6 is 23.4 Å². The van der Waals surface area contributed by atoms with E-state index in [4.69, 9.17) is 16.6 Å². The van der Waals surface area contributed by atoms with E-state index in [1.807, 2.05) is 18.2 Å². The van der Waals surface area contributed by atoms with Gasteiger partial charge >= 0.3 is 0 Å². The van der Waals surface area contributed by atoms with Crippen molar-refractivity contribution in [3.8, 4) is 0 Å². The molecule has 0 bridgehead atoms. The van der Waals surface area contributed by atoms with Crippen LogP contribution in [0.1, 0.15) is 24.8 Å². The van der Waals surface area contributed by atoms with E-state index in [9.17, 15) is 4.79 Å². The summed E-state index contributed by atoms with van der Waals surface area (Å²) in [5.41, 5.74) is 3.30. The summed E-state index contributed by atoms with van der Waals surface area (Å²) in [5, 5.41) is 1.44. The number of carbonyl (C=O) groups is 1. The van der Waals surface area contributed by atoms with Crippen molar-refractivity contribution in [2.24, 2.45) is 4.99 Å². The van der Waals surface area contributed by atoms with Crippen molar-refractivity contribution >= 4 is 45.7 Å². The van der Waals surface area contributed by atoms with Crippen molar-refractivity contribution in [1.29, 1.82) is 0 Å². The first-order valence-electron chi connectivity index (χ1n) is 8.77. The Morgan fingerprint density at radius 2 is 1.85 bits per heavy atom. The number of rotatable bonds is 3. The predicted octanol–water partition coefficient (Wildman–Crippen LogP) is 5.41. The Kier molecular flexibility index (Phi) is 5.14. The predicted molar refractivity (Wildman–Crippen MR) is 111 cm³/mol. The summed E-state index contributed by atoms with van der Waals surface area (Å²) < 4.78 is 0. The Hall–Kier alpha value is -2.04. The fraction of sp³-hybridized carbons (Fsp3) is 0.238. The van der Waals surface area contributed by atoms with Gasteiger partial charge in [-0.3, -0.25) is 14.7 Å². The molecule has 1 aliphatic heterocycles. The fourth-order valence-corrected chi connectivity index (χ4v) is 4.42. The number of nitrogens with zero attached hydrogens (tertiary/aromatic N) is 2. The van der Waals surface area contributed by atoms with Gasteiger partial charge in [0.25, 0.3) is 0 Å². The van der Waals surface area contributed by atoms with Crippen molar-refractivity contribution in [3.05, 3.63) is 71.3 Å². The topological polar surface area (TPSA) is 32.7 Å². The van der Waals surface area contributed by atoms with Crippen LogP contribution in [0.4, 0.5) is 5.69 Å². The smallest absolute Gasteiger partial charge is 0.243 e. The first-order valence-corrected chi connectivity index (χ1v) is 10.1. The van der Waals surface area contributed by atoms with Gasteiger partial charge in [-0.1, -0.05) is 59.8 Å². The standard InChI is InChI=1S/C21H19ClN2OS/c22-16-10-12-17(13-11-16)24-20(25)14-26-21(24)23-19-9-5-4-8-18(19)15-6-2-1-3-7-15/h1-3,6-8,10-13,19H,4-5,9,14H2. The molecule has 3 nitrogen and oxygen atoms in total. The molecule has 132 valence electrons. The molecule has 2 aromatic carbocycles. The highest BCUT2D eigenvalue weighted by molar-refractivity contribution is 8.15. The van der Waals surface area contributed by atoms with E-state index in [0.29, 0.717) is 10.8 Å². The number of thioether (sulfide) groups is 1. The third kappa shape index (κ3) is 3.57. The second-order valence-corrected chi connectivity index (χ2v) is 7.76.